The van der Waals surface area contributed by atoms with Crippen LogP contribution in [0.2, 0.25) is 0 Å². The van der Waals surface area contributed by atoms with E-state index in [2.05, 4.69) is 27.8 Å². The monoisotopic (exact) mass is 240 g/mol. The third-order valence-electron chi connectivity index (χ3n) is 2.01. The van der Waals surface area contributed by atoms with E-state index in [1.54, 1.807) is 11.3 Å². The highest BCUT2D eigenvalue weighted by Gasteiger charge is 1.96. The van der Waals surface area contributed by atoms with Crippen molar-refractivity contribution in [3.05, 3.63) is 43.1 Å². The molecular formula is C10H12N2OS2. The zero-order valence-corrected chi connectivity index (χ0v) is 9.79. The summed E-state index contributed by atoms with van der Waals surface area (Å²) in [5.41, 5.74) is 0.969. The van der Waals surface area contributed by atoms with E-state index in [1.165, 1.54) is 16.2 Å². The van der Waals surface area contributed by atoms with E-state index < -0.39 is 0 Å². The lowest BCUT2D eigenvalue weighted by Crippen LogP contribution is -2.17. The minimum absolute atomic E-state index is 0.0186. The third kappa shape index (κ3) is 3.30. The molecule has 0 aromatic carbocycles. The first-order valence-electron chi connectivity index (χ1n) is 4.74. The van der Waals surface area contributed by atoms with Crippen LogP contribution in [0.5, 0.6) is 0 Å². The molecule has 3 nitrogen and oxygen atoms in total. The molecule has 2 rings (SSSR count). The van der Waals surface area contributed by atoms with Gasteiger partial charge in [-0.25, -0.2) is 0 Å². The Morgan fingerprint density at radius 2 is 2.33 bits per heavy atom. The van der Waals surface area contributed by atoms with Gasteiger partial charge in [0.05, 0.1) is 0 Å². The Kier molecular flexibility index (Phi) is 3.71. The van der Waals surface area contributed by atoms with Crippen LogP contribution in [0.15, 0.2) is 27.7 Å². The average molecular weight is 240 g/mol. The van der Waals surface area contributed by atoms with Crippen LogP contribution in [0.3, 0.4) is 0 Å². The molecular weight excluding hydrogens is 228 g/mol. The van der Waals surface area contributed by atoms with Gasteiger partial charge in [-0.2, -0.15) is 0 Å². The van der Waals surface area contributed by atoms with Crippen LogP contribution in [0.1, 0.15) is 10.6 Å². The summed E-state index contributed by atoms with van der Waals surface area (Å²) in [6.45, 7) is 1.68. The van der Waals surface area contributed by atoms with Gasteiger partial charge in [-0.1, -0.05) is 17.4 Å². The number of thiophene rings is 1. The van der Waals surface area contributed by atoms with Gasteiger partial charge in [0.15, 0.2) is 0 Å². The number of aromatic amines is 1. The van der Waals surface area contributed by atoms with Crippen molar-refractivity contribution in [2.45, 2.75) is 13.0 Å². The minimum atomic E-state index is 0.0186. The lowest BCUT2D eigenvalue weighted by Gasteiger charge is -2.00. The molecule has 0 fully saturated rings. The number of thiazole rings is 1. The van der Waals surface area contributed by atoms with Crippen molar-refractivity contribution < 1.29 is 0 Å². The number of hydrogen-bond donors (Lipinski definition) is 2. The topological polar surface area (TPSA) is 44.9 Å². The first-order chi connectivity index (χ1) is 7.34. The van der Waals surface area contributed by atoms with Crippen LogP contribution >= 0.6 is 22.7 Å². The molecule has 2 N–H and O–H groups in total. The van der Waals surface area contributed by atoms with E-state index in [9.17, 15) is 4.79 Å². The summed E-state index contributed by atoms with van der Waals surface area (Å²) >= 11 is 2.99. The molecule has 2 heterocycles. The van der Waals surface area contributed by atoms with Crippen molar-refractivity contribution in [3.8, 4) is 0 Å². The summed E-state index contributed by atoms with van der Waals surface area (Å²) in [5.74, 6) is 0. The maximum atomic E-state index is 10.8. The maximum Gasteiger partial charge on any atom is 0.304 e. The Hall–Kier alpha value is -0.910. The van der Waals surface area contributed by atoms with Gasteiger partial charge < -0.3 is 10.3 Å². The standard InChI is InChI=1S/C10H12N2OS2/c13-10-12-8(7-15-10)6-11-4-3-9-2-1-5-14-9/h1-2,5,7,11H,3-4,6H2,(H,12,13). The molecule has 2 aromatic heterocycles. The molecule has 0 amide bonds. The van der Waals surface area contributed by atoms with Gasteiger partial charge in [-0.05, 0) is 17.9 Å². The predicted molar refractivity (Wildman–Crippen MR) is 64.7 cm³/mol. The second-order valence-corrected chi connectivity index (χ2v) is 5.05. The van der Waals surface area contributed by atoms with Gasteiger partial charge in [0, 0.05) is 29.0 Å². The quantitative estimate of drug-likeness (QED) is 0.783. The zero-order chi connectivity index (χ0) is 10.5. The van der Waals surface area contributed by atoms with Gasteiger partial charge in [0.25, 0.3) is 0 Å². The van der Waals surface area contributed by atoms with E-state index in [-0.39, 0.29) is 4.87 Å². The minimum Gasteiger partial charge on any atom is -0.315 e. The molecule has 80 valence electrons. The molecule has 0 atom stereocenters. The van der Waals surface area contributed by atoms with Crippen molar-refractivity contribution in [2.24, 2.45) is 0 Å². The average Bonchev–Trinajstić information content (AvgIpc) is 2.84. The third-order valence-corrected chi connectivity index (χ3v) is 3.67. The van der Waals surface area contributed by atoms with Crippen molar-refractivity contribution in [1.29, 1.82) is 0 Å². The van der Waals surface area contributed by atoms with Crippen LogP contribution in [-0.4, -0.2) is 11.5 Å². The highest BCUT2D eigenvalue weighted by molar-refractivity contribution is 7.09. The lowest BCUT2D eigenvalue weighted by atomic mass is 10.3. The summed E-state index contributed by atoms with van der Waals surface area (Å²) in [5, 5.41) is 7.25. The Morgan fingerprint density at radius 3 is 3.00 bits per heavy atom. The van der Waals surface area contributed by atoms with Crippen molar-refractivity contribution in [1.82, 2.24) is 10.3 Å². The Labute approximate surface area is 95.8 Å². The number of nitrogens with one attached hydrogen (secondary N) is 2. The highest BCUT2D eigenvalue weighted by atomic mass is 32.1. The molecule has 5 heteroatoms. The van der Waals surface area contributed by atoms with Gasteiger partial charge in [0.2, 0.25) is 0 Å². The van der Waals surface area contributed by atoms with Gasteiger partial charge in [-0.3, -0.25) is 4.79 Å². The lowest BCUT2D eigenvalue weighted by molar-refractivity contribution is 0.680. The summed E-state index contributed by atoms with van der Waals surface area (Å²) < 4.78 is 0. The van der Waals surface area contributed by atoms with Crippen LogP contribution in [0.4, 0.5) is 0 Å². The summed E-state index contributed by atoms with van der Waals surface area (Å²) in [4.78, 5) is 15.0. The second-order valence-electron chi connectivity index (χ2n) is 3.18. The Bertz CT molecular complexity index is 444. The van der Waals surface area contributed by atoms with Crippen molar-refractivity contribution in [3.63, 3.8) is 0 Å². The highest BCUT2D eigenvalue weighted by Crippen LogP contribution is 2.08. The van der Waals surface area contributed by atoms with E-state index >= 15 is 0 Å². The fourth-order valence-electron chi connectivity index (χ4n) is 1.29. The summed E-state index contributed by atoms with van der Waals surface area (Å²) in [7, 11) is 0. The molecule has 0 saturated carbocycles. The molecule has 0 aliphatic rings. The SMILES string of the molecule is O=c1[nH]c(CNCCc2cccs2)cs1. The fourth-order valence-corrected chi connectivity index (χ4v) is 2.58. The fraction of sp³-hybridized carbons (Fsp3) is 0.300. The smallest absolute Gasteiger partial charge is 0.304 e. The first kappa shape index (κ1) is 10.6. The number of H-pyrrole nitrogens is 1. The molecule has 0 saturated heterocycles. The molecule has 15 heavy (non-hydrogen) atoms. The number of hydrogen-bond acceptors (Lipinski definition) is 4. The summed E-state index contributed by atoms with van der Waals surface area (Å²) in [6.07, 6.45) is 1.05. The second kappa shape index (κ2) is 5.25. The maximum absolute atomic E-state index is 10.8. The molecule has 0 bridgehead atoms. The van der Waals surface area contributed by atoms with Crippen LogP contribution < -0.4 is 10.2 Å². The van der Waals surface area contributed by atoms with Crippen molar-refractivity contribution >= 4 is 22.7 Å². The van der Waals surface area contributed by atoms with E-state index in [0.717, 1.165) is 25.2 Å². The van der Waals surface area contributed by atoms with Gasteiger partial charge in [-0.15, -0.1) is 11.3 Å². The Balaban J connectivity index is 1.69. The van der Waals surface area contributed by atoms with E-state index in [0.29, 0.717) is 0 Å². The molecule has 0 unspecified atom stereocenters. The normalized spacial score (nSPS) is 10.7. The predicted octanol–water partition coefficient (Wildman–Crippen LogP) is 1.83. The van der Waals surface area contributed by atoms with Crippen LogP contribution in [0, 0.1) is 0 Å². The van der Waals surface area contributed by atoms with Crippen molar-refractivity contribution in [2.75, 3.05) is 6.54 Å². The number of aromatic nitrogens is 1. The summed E-state index contributed by atoms with van der Waals surface area (Å²) in [6, 6.07) is 4.20. The van der Waals surface area contributed by atoms with Gasteiger partial charge in [0.1, 0.15) is 0 Å². The van der Waals surface area contributed by atoms with E-state index in [4.69, 9.17) is 0 Å². The molecule has 0 radical (unpaired) electrons. The molecule has 2 aromatic rings. The first-order valence-corrected chi connectivity index (χ1v) is 6.50. The zero-order valence-electron chi connectivity index (χ0n) is 8.16. The van der Waals surface area contributed by atoms with E-state index in [1.807, 2.05) is 5.38 Å². The number of rotatable bonds is 5. The Morgan fingerprint density at radius 1 is 1.40 bits per heavy atom. The molecule has 0 spiro atoms. The molecule has 0 aliphatic heterocycles. The molecule has 0 aliphatic carbocycles. The van der Waals surface area contributed by atoms with Crippen LogP contribution in [-0.2, 0) is 13.0 Å². The van der Waals surface area contributed by atoms with Gasteiger partial charge >= 0.3 is 4.87 Å². The van der Waals surface area contributed by atoms with Crippen LogP contribution in [0.25, 0.3) is 0 Å². The largest absolute Gasteiger partial charge is 0.315 e.